The van der Waals surface area contributed by atoms with Crippen LogP contribution in [0.1, 0.15) is 54.9 Å². The highest BCUT2D eigenvalue weighted by molar-refractivity contribution is 5.90. The van der Waals surface area contributed by atoms with Gasteiger partial charge in [-0.3, -0.25) is 4.79 Å². The maximum absolute atomic E-state index is 13.5. The number of anilines is 1. The second-order valence-corrected chi connectivity index (χ2v) is 12.1. The molecule has 2 aliphatic heterocycles. The summed E-state index contributed by atoms with van der Waals surface area (Å²) >= 11 is 0. The molecule has 2 atom stereocenters. The minimum atomic E-state index is -5.03. The zero-order valence-corrected chi connectivity index (χ0v) is 25.3. The molecule has 3 aromatic carbocycles. The van der Waals surface area contributed by atoms with Gasteiger partial charge in [0.05, 0.1) is 16.7 Å². The van der Waals surface area contributed by atoms with Crippen LogP contribution >= 0.6 is 0 Å². The minimum absolute atomic E-state index is 0.0381. The molecule has 12 heteroatoms. The number of hydrogen-bond donors (Lipinski definition) is 2. The molecule has 246 valence electrons. The van der Waals surface area contributed by atoms with Gasteiger partial charge in [-0.15, -0.1) is 0 Å². The Hall–Kier alpha value is -4.06. The lowest BCUT2D eigenvalue weighted by atomic mass is 9.79. The first-order chi connectivity index (χ1) is 21.7. The number of urea groups is 1. The second kappa shape index (κ2) is 13.4. The fourth-order valence-corrected chi connectivity index (χ4v) is 6.78. The number of likely N-dealkylation sites (tertiary alicyclic amines) is 2. The normalized spacial score (nSPS) is 20.6. The molecule has 0 aliphatic carbocycles. The number of piperidine rings is 2. The number of carbonyl (C=O) groups excluding carboxylic acids is 2. The lowest BCUT2D eigenvalue weighted by Crippen LogP contribution is -2.58. The van der Waals surface area contributed by atoms with Crippen molar-refractivity contribution in [1.82, 2.24) is 15.1 Å². The van der Waals surface area contributed by atoms with Crippen molar-refractivity contribution in [3.05, 3.63) is 101 Å². The maximum Gasteiger partial charge on any atom is 0.416 e. The molecule has 0 unspecified atom stereocenters. The first-order valence-corrected chi connectivity index (χ1v) is 15.2. The Bertz CT molecular complexity index is 1470. The third kappa shape index (κ3) is 7.83. The van der Waals surface area contributed by atoms with Crippen LogP contribution in [0, 0.1) is 0 Å². The lowest BCUT2D eigenvalue weighted by Gasteiger charge is -2.48. The van der Waals surface area contributed by atoms with Crippen molar-refractivity contribution >= 4 is 17.6 Å². The Morgan fingerprint density at radius 1 is 0.826 bits per heavy atom. The van der Waals surface area contributed by atoms with Gasteiger partial charge in [0.15, 0.2) is 0 Å². The molecule has 2 saturated heterocycles. The molecule has 0 bridgehead atoms. The first kappa shape index (κ1) is 33.3. The zero-order chi connectivity index (χ0) is 33.1. The van der Waals surface area contributed by atoms with Gasteiger partial charge >= 0.3 is 18.4 Å². The number of carbonyl (C=O) groups is 2. The summed E-state index contributed by atoms with van der Waals surface area (Å²) in [6, 6.07) is 19.4. The van der Waals surface area contributed by atoms with E-state index in [1.165, 1.54) is 11.8 Å². The van der Waals surface area contributed by atoms with E-state index in [0.29, 0.717) is 57.3 Å². The van der Waals surface area contributed by atoms with Crippen molar-refractivity contribution in [3.8, 4) is 0 Å². The highest BCUT2D eigenvalue weighted by Crippen LogP contribution is 2.39. The molecular weight excluding hydrogens is 610 g/mol. The molecule has 2 fully saturated rings. The Labute approximate surface area is 263 Å². The van der Waals surface area contributed by atoms with Crippen molar-refractivity contribution in [2.24, 2.45) is 0 Å². The number of benzene rings is 3. The summed E-state index contributed by atoms with van der Waals surface area (Å²) < 4.78 is 80.7. The van der Waals surface area contributed by atoms with Crippen molar-refractivity contribution in [2.45, 2.75) is 69.0 Å². The predicted molar refractivity (Wildman–Crippen MR) is 162 cm³/mol. The summed E-state index contributed by atoms with van der Waals surface area (Å²) in [7, 11) is 0. The first-order valence-electron chi connectivity index (χ1n) is 15.2. The van der Waals surface area contributed by atoms with E-state index in [1.807, 2.05) is 60.7 Å². The van der Waals surface area contributed by atoms with E-state index < -0.39 is 40.7 Å². The number of amides is 3. The van der Waals surface area contributed by atoms with Crippen LogP contribution in [0.4, 0.5) is 36.8 Å². The maximum atomic E-state index is 13.5. The average Bonchev–Trinajstić information content (AvgIpc) is 3.01. The minimum Gasteiger partial charge on any atom is -0.347 e. The molecule has 2 heterocycles. The lowest BCUT2D eigenvalue weighted by molar-refractivity contribution is -0.143. The average molecular weight is 647 g/mol. The molecule has 6 nitrogen and oxygen atoms in total. The molecule has 0 saturated carbocycles. The highest BCUT2D eigenvalue weighted by Gasteiger charge is 2.42. The van der Waals surface area contributed by atoms with E-state index in [0.717, 1.165) is 11.1 Å². The molecule has 3 aromatic rings. The van der Waals surface area contributed by atoms with Gasteiger partial charge in [0.25, 0.3) is 0 Å². The van der Waals surface area contributed by atoms with Crippen LogP contribution in [0.5, 0.6) is 0 Å². The van der Waals surface area contributed by atoms with Crippen LogP contribution in [-0.2, 0) is 29.1 Å². The van der Waals surface area contributed by atoms with Gasteiger partial charge in [0.2, 0.25) is 5.91 Å². The second-order valence-electron chi connectivity index (χ2n) is 12.1. The van der Waals surface area contributed by atoms with Crippen LogP contribution in [0.3, 0.4) is 0 Å². The van der Waals surface area contributed by atoms with Gasteiger partial charge in [-0.1, -0.05) is 60.7 Å². The van der Waals surface area contributed by atoms with Gasteiger partial charge in [-0.25, -0.2) is 4.79 Å². The molecule has 0 radical (unpaired) electrons. The summed E-state index contributed by atoms with van der Waals surface area (Å²) in [5.41, 5.74) is -2.05. The van der Waals surface area contributed by atoms with E-state index in [4.69, 9.17) is 0 Å². The van der Waals surface area contributed by atoms with E-state index in [2.05, 4.69) is 15.5 Å². The topological polar surface area (TPSA) is 64.7 Å². The number of nitrogens with one attached hydrogen (secondary N) is 2. The SMILES string of the molecule is CC(=O)NC1(c2ccccc2)CCN([C@@H]2CCN(C(=O)Nc3cc(C(F)(F)F)cc(C(F)(F)F)c3)[C@H](Cc3ccccc3)C2)CC1. The molecule has 5 rings (SSSR count). The standard InChI is InChI=1S/C34H36F6N4O2/c1-23(45)42-32(25-10-6-3-7-11-25)13-16-43(17-14-32)29-12-15-44(30(22-29)18-24-8-4-2-5-9-24)31(46)41-28-20-26(33(35,36)37)19-27(21-28)34(38,39)40/h2-11,19-21,29-30H,12-18,22H2,1H3,(H,41,46)(H,42,45)/t29-,30-/m1/s1. The molecule has 0 aromatic heterocycles. The monoisotopic (exact) mass is 646 g/mol. The fraction of sp³-hybridized carbons (Fsp3) is 0.412. The van der Waals surface area contributed by atoms with Crippen molar-refractivity contribution in [1.29, 1.82) is 0 Å². The van der Waals surface area contributed by atoms with Crippen LogP contribution in [0.2, 0.25) is 0 Å². The summed E-state index contributed by atoms with van der Waals surface area (Å²) in [6.07, 6.45) is -7.06. The van der Waals surface area contributed by atoms with E-state index >= 15 is 0 Å². The van der Waals surface area contributed by atoms with Gasteiger partial charge in [-0.05, 0) is 61.4 Å². The number of nitrogens with zero attached hydrogens (tertiary/aromatic N) is 2. The van der Waals surface area contributed by atoms with Crippen LogP contribution in [-0.4, -0.2) is 53.5 Å². The number of halogens is 6. The summed E-state index contributed by atoms with van der Waals surface area (Å²) in [4.78, 5) is 29.6. The molecule has 46 heavy (non-hydrogen) atoms. The molecule has 0 spiro atoms. The van der Waals surface area contributed by atoms with Crippen molar-refractivity contribution in [2.75, 3.05) is 25.0 Å². The third-order valence-electron chi connectivity index (χ3n) is 9.01. The van der Waals surface area contributed by atoms with Crippen LogP contribution in [0.15, 0.2) is 78.9 Å². The third-order valence-corrected chi connectivity index (χ3v) is 9.01. The van der Waals surface area contributed by atoms with Crippen molar-refractivity contribution < 1.29 is 35.9 Å². The highest BCUT2D eigenvalue weighted by atomic mass is 19.4. The van der Waals surface area contributed by atoms with Gasteiger partial charge in [-0.2, -0.15) is 26.3 Å². The van der Waals surface area contributed by atoms with Crippen LogP contribution in [0.25, 0.3) is 0 Å². The summed E-state index contributed by atoms with van der Waals surface area (Å²) in [6.45, 7) is 3.18. The van der Waals surface area contributed by atoms with Crippen molar-refractivity contribution in [3.63, 3.8) is 0 Å². The molecule has 3 amide bonds. The Balaban J connectivity index is 1.34. The number of rotatable bonds is 6. The van der Waals surface area contributed by atoms with E-state index in [9.17, 15) is 35.9 Å². The predicted octanol–water partition coefficient (Wildman–Crippen LogP) is 7.46. The molecule has 2 N–H and O–H groups in total. The Morgan fingerprint density at radius 2 is 1.39 bits per heavy atom. The number of hydrogen-bond acceptors (Lipinski definition) is 3. The number of alkyl halides is 6. The van der Waals surface area contributed by atoms with Crippen LogP contribution < -0.4 is 10.6 Å². The Kier molecular flexibility index (Phi) is 9.67. The van der Waals surface area contributed by atoms with Gasteiger partial charge in [0.1, 0.15) is 0 Å². The Morgan fingerprint density at radius 3 is 1.93 bits per heavy atom. The fourth-order valence-electron chi connectivity index (χ4n) is 6.78. The van der Waals surface area contributed by atoms with E-state index in [-0.39, 0.29) is 30.6 Å². The summed E-state index contributed by atoms with van der Waals surface area (Å²) in [5, 5.41) is 5.51. The van der Waals surface area contributed by atoms with Gasteiger partial charge < -0.3 is 20.4 Å². The summed E-state index contributed by atoms with van der Waals surface area (Å²) in [5.74, 6) is -0.109. The zero-order valence-electron chi connectivity index (χ0n) is 25.3. The molecular formula is C34H36F6N4O2. The van der Waals surface area contributed by atoms with Gasteiger partial charge in [0, 0.05) is 44.3 Å². The molecule has 2 aliphatic rings. The quantitative estimate of drug-likeness (QED) is 0.274. The largest absolute Gasteiger partial charge is 0.416 e. The van der Waals surface area contributed by atoms with E-state index in [1.54, 1.807) is 0 Å². The smallest absolute Gasteiger partial charge is 0.347 e.